The van der Waals surface area contributed by atoms with Gasteiger partial charge in [0.25, 0.3) is 0 Å². The van der Waals surface area contributed by atoms with Gasteiger partial charge in [-0.25, -0.2) is 4.98 Å². The largest absolute Gasteiger partial charge is 0.443 e. The van der Waals surface area contributed by atoms with E-state index in [9.17, 15) is 0 Å². The molecular weight excluding hydrogens is 497 g/mol. The number of halogens is 2. The van der Waals surface area contributed by atoms with Crippen LogP contribution in [0.3, 0.4) is 0 Å². The molecule has 0 unspecified atom stereocenters. The van der Waals surface area contributed by atoms with Crippen molar-refractivity contribution in [1.29, 1.82) is 0 Å². The number of nitrogens with zero attached hydrogens (tertiary/aromatic N) is 4. The van der Waals surface area contributed by atoms with Crippen LogP contribution in [0.4, 0.5) is 0 Å². The second-order valence-electron chi connectivity index (χ2n) is 6.89. The Morgan fingerprint density at radius 2 is 2.12 bits per heavy atom. The lowest BCUT2D eigenvalue weighted by atomic mass is 9.94. The summed E-state index contributed by atoms with van der Waals surface area (Å²) in [5, 5.41) is 3.30. The molecule has 2 aromatic rings. The Balaban J connectivity index is 0.00000312. The standard InChI is InChI=1S/C17H26BrN5O.HI/c1-17(2,3)14-8-20-15(24-14)9-21-16(19-4)23(6)11-13-7-12(18)10-22(13)5;/h7-8,10H,9,11H2,1-6H3,(H,19,21);1H. The van der Waals surface area contributed by atoms with Gasteiger partial charge in [0.1, 0.15) is 5.76 Å². The molecule has 140 valence electrons. The molecule has 6 nitrogen and oxygen atoms in total. The number of aliphatic imine (C=N–C) groups is 1. The van der Waals surface area contributed by atoms with Gasteiger partial charge >= 0.3 is 0 Å². The van der Waals surface area contributed by atoms with Crippen LogP contribution in [-0.2, 0) is 25.6 Å². The third kappa shape index (κ3) is 6.02. The number of oxazole rings is 1. The molecular formula is C17H27BrIN5O. The summed E-state index contributed by atoms with van der Waals surface area (Å²) in [6.45, 7) is 7.57. The Kier molecular flexibility index (Phi) is 7.98. The molecule has 0 saturated heterocycles. The van der Waals surface area contributed by atoms with E-state index in [0.717, 1.165) is 22.7 Å². The fourth-order valence-corrected chi connectivity index (χ4v) is 2.89. The summed E-state index contributed by atoms with van der Waals surface area (Å²) >= 11 is 3.50. The quantitative estimate of drug-likeness (QED) is 0.375. The van der Waals surface area contributed by atoms with E-state index in [1.54, 1.807) is 13.2 Å². The second-order valence-corrected chi connectivity index (χ2v) is 7.80. The summed E-state index contributed by atoms with van der Waals surface area (Å²) in [7, 11) is 5.81. The minimum atomic E-state index is -0.0381. The van der Waals surface area contributed by atoms with Gasteiger partial charge in [0, 0.05) is 42.9 Å². The molecule has 2 aromatic heterocycles. The summed E-state index contributed by atoms with van der Waals surface area (Å²) in [6.07, 6.45) is 3.84. The van der Waals surface area contributed by atoms with Crippen LogP contribution >= 0.6 is 39.9 Å². The lowest BCUT2D eigenvalue weighted by Crippen LogP contribution is -2.38. The summed E-state index contributed by atoms with van der Waals surface area (Å²) < 4.78 is 8.98. The lowest BCUT2D eigenvalue weighted by molar-refractivity contribution is 0.376. The third-order valence-corrected chi connectivity index (χ3v) is 4.17. The zero-order valence-electron chi connectivity index (χ0n) is 15.6. The van der Waals surface area contributed by atoms with E-state index < -0.39 is 0 Å². The van der Waals surface area contributed by atoms with Crippen LogP contribution in [0, 0.1) is 0 Å². The second kappa shape index (κ2) is 9.07. The third-order valence-electron chi connectivity index (χ3n) is 3.74. The first-order valence-electron chi connectivity index (χ1n) is 7.88. The molecule has 0 amide bonds. The lowest BCUT2D eigenvalue weighted by Gasteiger charge is -2.22. The minimum absolute atomic E-state index is 0. The first-order valence-corrected chi connectivity index (χ1v) is 8.67. The van der Waals surface area contributed by atoms with Crippen molar-refractivity contribution >= 4 is 45.9 Å². The Bertz CT molecular complexity index is 717. The van der Waals surface area contributed by atoms with Crippen LogP contribution in [0.1, 0.15) is 38.1 Å². The van der Waals surface area contributed by atoms with Crippen molar-refractivity contribution in [1.82, 2.24) is 19.8 Å². The monoisotopic (exact) mass is 523 g/mol. The van der Waals surface area contributed by atoms with Gasteiger partial charge in [0.2, 0.25) is 5.89 Å². The number of aryl methyl sites for hydroxylation is 1. The van der Waals surface area contributed by atoms with Crippen molar-refractivity contribution < 1.29 is 4.42 Å². The van der Waals surface area contributed by atoms with Crippen LogP contribution in [0.2, 0.25) is 0 Å². The fraction of sp³-hybridized carbons (Fsp3) is 0.529. The van der Waals surface area contributed by atoms with Crippen molar-refractivity contribution in [3.8, 4) is 0 Å². The molecule has 0 bridgehead atoms. The molecule has 2 rings (SSSR count). The first kappa shape index (κ1) is 22.0. The van der Waals surface area contributed by atoms with Gasteiger partial charge in [0.05, 0.1) is 19.3 Å². The summed E-state index contributed by atoms with van der Waals surface area (Å²) in [5.41, 5.74) is 1.15. The van der Waals surface area contributed by atoms with Crippen molar-refractivity contribution in [3.05, 3.63) is 40.3 Å². The van der Waals surface area contributed by atoms with Gasteiger partial charge in [-0.3, -0.25) is 4.99 Å². The molecule has 0 spiro atoms. The van der Waals surface area contributed by atoms with E-state index in [1.165, 1.54) is 5.69 Å². The summed E-state index contributed by atoms with van der Waals surface area (Å²) in [6, 6.07) is 2.10. The van der Waals surface area contributed by atoms with Gasteiger partial charge in [-0.15, -0.1) is 24.0 Å². The molecule has 0 atom stereocenters. The normalized spacial score (nSPS) is 12.0. The highest BCUT2D eigenvalue weighted by Crippen LogP contribution is 2.22. The SMILES string of the molecule is CN=C(NCc1ncc(C(C)(C)C)o1)N(C)Cc1cc(Br)cn1C.I. The van der Waals surface area contributed by atoms with Crippen LogP contribution < -0.4 is 5.32 Å². The van der Waals surface area contributed by atoms with Crippen LogP contribution in [-0.4, -0.2) is 34.5 Å². The molecule has 0 aliphatic heterocycles. The maximum absolute atomic E-state index is 5.81. The highest BCUT2D eigenvalue weighted by molar-refractivity contribution is 14.0. The highest BCUT2D eigenvalue weighted by Gasteiger charge is 2.19. The van der Waals surface area contributed by atoms with Crippen molar-refractivity contribution in [2.24, 2.45) is 12.0 Å². The van der Waals surface area contributed by atoms with Gasteiger partial charge in [-0.1, -0.05) is 20.8 Å². The number of guanidine groups is 1. The van der Waals surface area contributed by atoms with E-state index in [4.69, 9.17) is 4.42 Å². The summed E-state index contributed by atoms with van der Waals surface area (Å²) in [4.78, 5) is 10.7. The highest BCUT2D eigenvalue weighted by atomic mass is 127. The Morgan fingerprint density at radius 3 is 2.60 bits per heavy atom. The van der Waals surface area contributed by atoms with Gasteiger partial charge in [-0.05, 0) is 22.0 Å². The van der Waals surface area contributed by atoms with E-state index in [1.807, 2.05) is 20.3 Å². The van der Waals surface area contributed by atoms with Crippen LogP contribution in [0.15, 0.2) is 32.3 Å². The Morgan fingerprint density at radius 1 is 1.44 bits per heavy atom. The van der Waals surface area contributed by atoms with Crippen molar-refractivity contribution in [3.63, 3.8) is 0 Å². The van der Waals surface area contributed by atoms with Gasteiger partial charge in [-0.2, -0.15) is 0 Å². The maximum Gasteiger partial charge on any atom is 0.213 e. The number of aromatic nitrogens is 2. The van der Waals surface area contributed by atoms with Crippen LogP contribution in [0.5, 0.6) is 0 Å². The average Bonchev–Trinajstić information content (AvgIpc) is 3.06. The number of hydrogen-bond donors (Lipinski definition) is 1. The van der Waals surface area contributed by atoms with Crippen LogP contribution in [0.25, 0.3) is 0 Å². The average molecular weight is 524 g/mol. The predicted octanol–water partition coefficient (Wildman–Crippen LogP) is 3.90. The molecule has 0 aromatic carbocycles. The van der Waals surface area contributed by atoms with Gasteiger partial charge in [0.15, 0.2) is 5.96 Å². The van der Waals surface area contributed by atoms with E-state index in [-0.39, 0.29) is 29.4 Å². The van der Waals surface area contributed by atoms with Crippen molar-refractivity contribution in [2.75, 3.05) is 14.1 Å². The van der Waals surface area contributed by atoms with E-state index in [2.05, 4.69) is 67.5 Å². The zero-order valence-corrected chi connectivity index (χ0v) is 19.5. The minimum Gasteiger partial charge on any atom is -0.443 e. The molecule has 0 saturated carbocycles. The molecule has 0 aliphatic rings. The molecule has 25 heavy (non-hydrogen) atoms. The smallest absolute Gasteiger partial charge is 0.213 e. The molecule has 0 fully saturated rings. The summed E-state index contributed by atoms with van der Waals surface area (Å²) in [5.74, 6) is 2.34. The fourth-order valence-electron chi connectivity index (χ4n) is 2.32. The number of hydrogen-bond acceptors (Lipinski definition) is 3. The Labute approximate surface area is 175 Å². The molecule has 1 N–H and O–H groups in total. The van der Waals surface area contributed by atoms with Crippen molar-refractivity contribution in [2.45, 2.75) is 39.3 Å². The number of nitrogens with one attached hydrogen (secondary N) is 1. The molecule has 8 heteroatoms. The van der Waals surface area contributed by atoms with Gasteiger partial charge < -0.3 is 19.2 Å². The zero-order chi connectivity index (χ0) is 17.9. The molecule has 0 aliphatic carbocycles. The predicted molar refractivity (Wildman–Crippen MR) is 115 cm³/mol. The molecule has 0 radical (unpaired) electrons. The maximum atomic E-state index is 5.81. The topological polar surface area (TPSA) is 58.6 Å². The Hall–Kier alpha value is -1.03. The molecule has 2 heterocycles. The number of rotatable bonds is 4. The van der Waals surface area contributed by atoms with E-state index in [0.29, 0.717) is 12.4 Å². The first-order chi connectivity index (χ1) is 11.2. The van der Waals surface area contributed by atoms with E-state index >= 15 is 0 Å².